The average molecular weight is 232 g/mol. The molecule has 1 aliphatic heterocycles. The lowest BCUT2D eigenvalue weighted by atomic mass is 9.99. The molecule has 1 saturated heterocycles. The Morgan fingerprint density at radius 1 is 1.24 bits per heavy atom. The summed E-state index contributed by atoms with van der Waals surface area (Å²) >= 11 is 0. The molecule has 1 aromatic carbocycles. The lowest BCUT2D eigenvalue weighted by Crippen LogP contribution is -2.40. The van der Waals surface area contributed by atoms with Gasteiger partial charge in [-0.2, -0.15) is 0 Å². The van der Waals surface area contributed by atoms with E-state index in [1.807, 2.05) is 0 Å². The predicted molar refractivity (Wildman–Crippen MR) is 73.0 cm³/mol. The van der Waals surface area contributed by atoms with Gasteiger partial charge in [-0.25, -0.2) is 0 Å². The van der Waals surface area contributed by atoms with E-state index in [9.17, 15) is 0 Å². The fourth-order valence-electron chi connectivity index (χ4n) is 2.55. The second-order valence-electron chi connectivity index (χ2n) is 5.14. The van der Waals surface area contributed by atoms with Crippen LogP contribution in [0.5, 0.6) is 0 Å². The fourth-order valence-corrected chi connectivity index (χ4v) is 2.55. The van der Waals surface area contributed by atoms with E-state index in [0.29, 0.717) is 12.1 Å². The Hall–Kier alpha value is -0.860. The highest BCUT2D eigenvalue weighted by Gasteiger charge is 2.21. The summed E-state index contributed by atoms with van der Waals surface area (Å²) in [5, 5.41) is 0. The molecule has 2 rings (SSSR count). The lowest BCUT2D eigenvalue weighted by molar-refractivity contribution is 0.163. The van der Waals surface area contributed by atoms with E-state index in [2.05, 4.69) is 43.0 Å². The first-order valence-corrected chi connectivity index (χ1v) is 6.79. The number of benzene rings is 1. The third-order valence-electron chi connectivity index (χ3n) is 3.99. The molecule has 1 aromatic rings. The van der Waals surface area contributed by atoms with Gasteiger partial charge in [-0.3, -0.25) is 4.90 Å². The highest BCUT2D eigenvalue weighted by atomic mass is 15.2. The molecule has 0 spiro atoms. The van der Waals surface area contributed by atoms with E-state index >= 15 is 0 Å². The first kappa shape index (κ1) is 12.6. The van der Waals surface area contributed by atoms with Gasteiger partial charge in [-0.05, 0) is 37.3 Å². The number of rotatable bonds is 3. The van der Waals surface area contributed by atoms with Crippen LogP contribution in [0, 0.1) is 0 Å². The number of nitrogens with two attached hydrogens (primary N) is 1. The van der Waals surface area contributed by atoms with Crippen molar-refractivity contribution in [2.24, 2.45) is 5.73 Å². The van der Waals surface area contributed by atoms with E-state index in [1.54, 1.807) is 0 Å². The van der Waals surface area contributed by atoms with Crippen LogP contribution in [0.25, 0.3) is 0 Å². The van der Waals surface area contributed by atoms with Crippen molar-refractivity contribution in [2.75, 3.05) is 13.1 Å². The zero-order valence-corrected chi connectivity index (χ0v) is 11.0. The zero-order valence-electron chi connectivity index (χ0n) is 11.0. The maximum absolute atomic E-state index is 5.95. The van der Waals surface area contributed by atoms with Gasteiger partial charge in [0.05, 0.1) is 0 Å². The van der Waals surface area contributed by atoms with Gasteiger partial charge in [0.25, 0.3) is 0 Å². The van der Waals surface area contributed by atoms with Crippen molar-refractivity contribution in [3.05, 3.63) is 35.4 Å². The monoisotopic (exact) mass is 232 g/mol. The van der Waals surface area contributed by atoms with Gasteiger partial charge in [0.15, 0.2) is 0 Å². The second kappa shape index (κ2) is 5.65. The van der Waals surface area contributed by atoms with Gasteiger partial charge >= 0.3 is 0 Å². The Morgan fingerprint density at radius 3 is 2.35 bits per heavy atom. The quantitative estimate of drug-likeness (QED) is 0.868. The Bertz CT molecular complexity index is 336. The minimum absolute atomic E-state index is 0.418. The van der Waals surface area contributed by atoms with Crippen LogP contribution >= 0.6 is 0 Å². The minimum atomic E-state index is 0.418. The lowest BCUT2D eigenvalue weighted by Gasteiger charge is -2.35. The molecule has 1 atom stereocenters. The summed E-state index contributed by atoms with van der Waals surface area (Å²) in [5.74, 6) is 0. The van der Waals surface area contributed by atoms with E-state index in [1.165, 1.54) is 11.1 Å². The summed E-state index contributed by atoms with van der Waals surface area (Å²) < 4.78 is 0. The molecule has 2 N–H and O–H groups in total. The first-order valence-electron chi connectivity index (χ1n) is 6.79. The Balaban J connectivity index is 2.00. The molecule has 0 bridgehead atoms. The third-order valence-corrected chi connectivity index (χ3v) is 3.99. The molecular formula is C15H24N2. The molecule has 2 heteroatoms. The molecule has 0 aliphatic carbocycles. The van der Waals surface area contributed by atoms with Crippen LogP contribution in [0.1, 0.15) is 43.9 Å². The minimum Gasteiger partial charge on any atom is -0.328 e. The molecule has 0 saturated carbocycles. The highest BCUT2D eigenvalue weighted by molar-refractivity contribution is 5.24. The Kier molecular flexibility index (Phi) is 4.19. The van der Waals surface area contributed by atoms with Gasteiger partial charge in [0, 0.05) is 25.2 Å². The van der Waals surface area contributed by atoms with Crippen LogP contribution in [0.3, 0.4) is 0 Å². The van der Waals surface area contributed by atoms with Crippen LogP contribution in [-0.2, 0) is 6.42 Å². The van der Waals surface area contributed by atoms with Gasteiger partial charge in [-0.15, -0.1) is 0 Å². The van der Waals surface area contributed by atoms with Crippen LogP contribution < -0.4 is 5.73 Å². The predicted octanol–water partition coefficient (Wildman–Crippen LogP) is 2.73. The van der Waals surface area contributed by atoms with E-state index in [-0.39, 0.29) is 0 Å². The van der Waals surface area contributed by atoms with Crippen molar-refractivity contribution >= 4 is 0 Å². The molecular weight excluding hydrogens is 208 g/mol. The van der Waals surface area contributed by atoms with Gasteiger partial charge < -0.3 is 5.73 Å². The van der Waals surface area contributed by atoms with Crippen molar-refractivity contribution in [3.63, 3.8) is 0 Å². The normalized spacial score (nSPS) is 20.4. The number of hydrogen-bond donors (Lipinski definition) is 1. The number of piperidine rings is 1. The number of hydrogen-bond acceptors (Lipinski definition) is 2. The topological polar surface area (TPSA) is 29.3 Å². The average Bonchev–Trinajstić information content (AvgIpc) is 2.39. The standard InChI is InChI=1S/C15H24N2/c1-3-13-4-6-14(7-5-13)12(2)17-10-8-15(16)9-11-17/h4-7,12,15H,3,8-11,16H2,1-2H3. The maximum atomic E-state index is 5.95. The summed E-state index contributed by atoms with van der Waals surface area (Å²) in [6.07, 6.45) is 3.39. The van der Waals surface area contributed by atoms with E-state index < -0.39 is 0 Å². The summed E-state index contributed by atoms with van der Waals surface area (Å²) in [4.78, 5) is 2.55. The summed E-state index contributed by atoms with van der Waals surface area (Å²) in [7, 11) is 0. The van der Waals surface area contributed by atoms with Crippen LogP contribution in [0.4, 0.5) is 0 Å². The summed E-state index contributed by atoms with van der Waals surface area (Å²) in [6.45, 7) is 6.78. The van der Waals surface area contributed by atoms with Crippen molar-refractivity contribution < 1.29 is 0 Å². The fraction of sp³-hybridized carbons (Fsp3) is 0.600. The third kappa shape index (κ3) is 3.08. The summed E-state index contributed by atoms with van der Waals surface area (Å²) in [5.41, 5.74) is 8.79. The zero-order chi connectivity index (χ0) is 12.3. The van der Waals surface area contributed by atoms with Crippen LogP contribution in [0.2, 0.25) is 0 Å². The largest absolute Gasteiger partial charge is 0.328 e. The number of likely N-dealkylation sites (tertiary alicyclic amines) is 1. The molecule has 0 radical (unpaired) electrons. The number of nitrogens with zero attached hydrogens (tertiary/aromatic N) is 1. The molecule has 1 unspecified atom stereocenters. The molecule has 1 fully saturated rings. The molecule has 2 nitrogen and oxygen atoms in total. The van der Waals surface area contributed by atoms with E-state index in [0.717, 1.165) is 32.4 Å². The molecule has 0 aromatic heterocycles. The second-order valence-corrected chi connectivity index (χ2v) is 5.14. The van der Waals surface area contributed by atoms with Gasteiger partial charge in [0.1, 0.15) is 0 Å². The molecule has 0 amide bonds. The van der Waals surface area contributed by atoms with Crippen molar-refractivity contribution in [3.8, 4) is 0 Å². The molecule has 1 heterocycles. The molecule has 17 heavy (non-hydrogen) atoms. The van der Waals surface area contributed by atoms with Gasteiger partial charge in [-0.1, -0.05) is 31.2 Å². The Morgan fingerprint density at radius 2 is 1.82 bits per heavy atom. The van der Waals surface area contributed by atoms with Crippen molar-refractivity contribution in [1.29, 1.82) is 0 Å². The van der Waals surface area contributed by atoms with E-state index in [4.69, 9.17) is 5.73 Å². The van der Waals surface area contributed by atoms with Crippen molar-refractivity contribution in [1.82, 2.24) is 4.90 Å². The SMILES string of the molecule is CCc1ccc(C(C)N2CCC(N)CC2)cc1. The first-order chi connectivity index (χ1) is 8.20. The highest BCUT2D eigenvalue weighted by Crippen LogP contribution is 2.24. The maximum Gasteiger partial charge on any atom is 0.0319 e. The number of aryl methyl sites for hydroxylation is 1. The smallest absolute Gasteiger partial charge is 0.0319 e. The summed E-state index contributed by atoms with van der Waals surface area (Å²) in [6, 6.07) is 9.99. The van der Waals surface area contributed by atoms with Gasteiger partial charge in [0.2, 0.25) is 0 Å². The Labute approximate surface area is 105 Å². The molecule has 94 valence electrons. The van der Waals surface area contributed by atoms with Crippen molar-refractivity contribution in [2.45, 2.75) is 45.2 Å². The van der Waals surface area contributed by atoms with Crippen LogP contribution in [0.15, 0.2) is 24.3 Å². The van der Waals surface area contributed by atoms with Crippen LogP contribution in [-0.4, -0.2) is 24.0 Å². The molecule has 1 aliphatic rings.